The van der Waals surface area contributed by atoms with Crippen LogP contribution in [0.25, 0.3) is 37.1 Å². The van der Waals surface area contributed by atoms with E-state index in [4.69, 9.17) is 0 Å². The fourth-order valence-electron chi connectivity index (χ4n) is 1.79. The molecule has 0 N–H and O–H groups in total. The Morgan fingerprint density at radius 3 is 0.929 bits per heavy atom. The van der Waals surface area contributed by atoms with Gasteiger partial charge in [0.1, 0.15) is 0 Å². The van der Waals surface area contributed by atoms with E-state index < -0.39 is 0 Å². The van der Waals surface area contributed by atoms with E-state index in [2.05, 4.69) is 26.3 Å². The number of fused-ring (bicyclic) bond motifs is 1. The first-order chi connectivity index (χ1) is 6.61. The Balaban J connectivity index is 3.41. The van der Waals surface area contributed by atoms with Crippen molar-refractivity contribution in [2.24, 2.45) is 0 Å². The third kappa shape index (κ3) is 1.08. The number of hydrogen-bond donors (Lipinski definition) is 0. The van der Waals surface area contributed by atoms with Gasteiger partial charge in [-0.05, 0) is 31.6 Å². The lowest BCUT2D eigenvalue weighted by Gasteiger charge is -2.00. The summed E-state index contributed by atoms with van der Waals surface area (Å²) in [5.74, 6) is 0. The van der Waals surface area contributed by atoms with Gasteiger partial charge in [-0.15, -0.1) is 0 Å². The predicted molar refractivity (Wildman–Crippen MR) is 64.5 cm³/mol. The highest BCUT2D eigenvalue weighted by atomic mass is 14.0. The molecule has 68 valence electrons. The highest BCUT2D eigenvalue weighted by Crippen LogP contribution is 1.91. The smallest absolute Gasteiger partial charge is 0.00391 e. The Hall–Kier alpha value is -1.82. The maximum absolute atomic E-state index is 4.00. The maximum atomic E-state index is 4.00. The molecule has 0 unspecified atom stereocenters. The van der Waals surface area contributed by atoms with Crippen molar-refractivity contribution in [1.82, 2.24) is 0 Å². The van der Waals surface area contributed by atoms with Gasteiger partial charge < -0.3 is 0 Å². The Morgan fingerprint density at radius 2 is 0.714 bits per heavy atom. The Kier molecular flexibility index (Phi) is 1.78. The Morgan fingerprint density at radius 1 is 0.500 bits per heavy atom. The molecule has 0 heteroatoms. The molecule has 0 bridgehead atoms. The molecule has 0 fully saturated rings. The molecule has 0 saturated carbocycles. The minimum atomic E-state index is 0.989. The summed E-state index contributed by atoms with van der Waals surface area (Å²) >= 11 is 0. The lowest BCUT2D eigenvalue weighted by Crippen LogP contribution is -2.23. The van der Waals surface area contributed by atoms with Gasteiger partial charge in [0, 0.05) is 0 Å². The van der Waals surface area contributed by atoms with Crippen molar-refractivity contribution < 1.29 is 0 Å². The number of benzene rings is 2. The van der Waals surface area contributed by atoms with E-state index in [0.717, 1.165) is 31.6 Å². The molecule has 0 aromatic heterocycles. The maximum Gasteiger partial charge on any atom is -0.00391 e. The van der Waals surface area contributed by atoms with Gasteiger partial charge in [0.25, 0.3) is 0 Å². The zero-order chi connectivity index (χ0) is 10.3. The molecule has 0 heterocycles. The quantitative estimate of drug-likeness (QED) is 0.553. The van der Waals surface area contributed by atoms with E-state index in [1.54, 1.807) is 0 Å². The fraction of sp³-hybridized carbons (Fsp3) is 0. The van der Waals surface area contributed by atoms with E-state index in [1.807, 2.05) is 24.3 Å². The van der Waals surface area contributed by atoms with Gasteiger partial charge in [-0.1, -0.05) is 50.6 Å². The third-order valence-electron chi connectivity index (χ3n) is 2.51. The van der Waals surface area contributed by atoms with Gasteiger partial charge in [0.05, 0.1) is 0 Å². The number of hydrogen-bond acceptors (Lipinski definition) is 0. The molecule has 0 amide bonds. The van der Waals surface area contributed by atoms with Crippen LogP contribution < -0.4 is 20.9 Å². The molecule has 2 aromatic rings. The lowest BCUT2D eigenvalue weighted by atomic mass is 10.0. The van der Waals surface area contributed by atoms with Crippen LogP contribution in [0.1, 0.15) is 0 Å². The van der Waals surface area contributed by atoms with Crippen LogP contribution in [0.3, 0.4) is 0 Å². The van der Waals surface area contributed by atoms with E-state index in [1.165, 1.54) is 0 Å². The monoisotopic (exact) mass is 180 g/mol. The molecular formula is C14H12. The first kappa shape index (κ1) is 8.76. The van der Waals surface area contributed by atoms with Crippen LogP contribution >= 0.6 is 0 Å². The van der Waals surface area contributed by atoms with Crippen LogP contribution in [0.4, 0.5) is 0 Å². The second-order valence-corrected chi connectivity index (χ2v) is 3.52. The van der Waals surface area contributed by atoms with Crippen LogP contribution in [0.2, 0.25) is 0 Å². The van der Waals surface area contributed by atoms with Crippen molar-refractivity contribution in [1.29, 1.82) is 0 Å². The predicted octanol–water partition coefficient (Wildman–Crippen LogP) is 0.481. The molecule has 0 saturated heterocycles. The standard InChI is InChI=1S/C14H12/c1-9-5-6-11(3)14-12(4)8-7-10(2)13(9)14/h5-8H,1-4H2. The van der Waals surface area contributed by atoms with Crippen molar-refractivity contribution in [3.05, 3.63) is 45.1 Å². The van der Waals surface area contributed by atoms with Crippen molar-refractivity contribution in [3.63, 3.8) is 0 Å². The van der Waals surface area contributed by atoms with Crippen LogP contribution in [0, 0.1) is 0 Å². The van der Waals surface area contributed by atoms with Crippen LogP contribution in [-0.2, 0) is 0 Å². The molecule has 0 radical (unpaired) electrons. The highest BCUT2D eigenvalue weighted by molar-refractivity contribution is 5.84. The first-order valence-electron chi connectivity index (χ1n) is 4.49. The van der Waals surface area contributed by atoms with Gasteiger partial charge in [-0.3, -0.25) is 0 Å². The second-order valence-electron chi connectivity index (χ2n) is 3.52. The summed E-state index contributed by atoms with van der Waals surface area (Å²) in [5, 5.41) is 6.13. The zero-order valence-corrected chi connectivity index (χ0v) is 8.14. The minimum absolute atomic E-state index is 0.989. The van der Waals surface area contributed by atoms with Gasteiger partial charge in [0.2, 0.25) is 0 Å². The van der Waals surface area contributed by atoms with E-state index in [0.29, 0.717) is 0 Å². The van der Waals surface area contributed by atoms with Crippen LogP contribution in [0.5, 0.6) is 0 Å². The van der Waals surface area contributed by atoms with Crippen molar-refractivity contribution >= 4 is 37.1 Å². The molecule has 0 aliphatic carbocycles. The summed E-state index contributed by atoms with van der Waals surface area (Å²) in [6, 6.07) is 7.88. The van der Waals surface area contributed by atoms with Gasteiger partial charge in [-0.2, -0.15) is 0 Å². The highest BCUT2D eigenvalue weighted by Gasteiger charge is 1.96. The lowest BCUT2D eigenvalue weighted by molar-refractivity contribution is 1.58. The summed E-state index contributed by atoms with van der Waals surface area (Å²) in [5.41, 5.74) is 0. The molecule has 0 spiro atoms. The van der Waals surface area contributed by atoms with Crippen LogP contribution in [-0.4, -0.2) is 0 Å². The number of rotatable bonds is 0. The second kappa shape index (κ2) is 2.85. The summed E-state index contributed by atoms with van der Waals surface area (Å²) < 4.78 is 0. The fourth-order valence-corrected chi connectivity index (χ4v) is 1.79. The van der Waals surface area contributed by atoms with E-state index >= 15 is 0 Å². The third-order valence-corrected chi connectivity index (χ3v) is 2.51. The zero-order valence-electron chi connectivity index (χ0n) is 8.14. The minimum Gasteiger partial charge on any atom is -0.0911 e. The normalized spacial score (nSPS) is 10.6. The first-order valence-corrected chi connectivity index (χ1v) is 4.49. The van der Waals surface area contributed by atoms with E-state index in [9.17, 15) is 0 Å². The molecule has 2 aromatic carbocycles. The molecule has 2 rings (SSSR count). The SMILES string of the molecule is C=c1ccc(=C)c2c(=C)ccc(=C)c12. The molecule has 14 heavy (non-hydrogen) atoms. The average molecular weight is 180 g/mol. The molecule has 0 atom stereocenters. The summed E-state index contributed by atoms with van der Waals surface area (Å²) in [6.45, 7) is 16.0. The summed E-state index contributed by atoms with van der Waals surface area (Å²) in [6.07, 6.45) is 0. The average Bonchev–Trinajstić information content (AvgIpc) is 2.16. The van der Waals surface area contributed by atoms with E-state index in [-0.39, 0.29) is 0 Å². The van der Waals surface area contributed by atoms with Gasteiger partial charge in [0.15, 0.2) is 0 Å². The van der Waals surface area contributed by atoms with Gasteiger partial charge in [-0.25, -0.2) is 0 Å². The van der Waals surface area contributed by atoms with Crippen molar-refractivity contribution in [3.8, 4) is 0 Å². The van der Waals surface area contributed by atoms with Crippen molar-refractivity contribution in [2.45, 2.75) is 0 Å². The molecule has 0 nitrogen and oxygen atoms in total. The summed E-state index contributed by atoms with van der Waals surface area (Å²) in [4.78, 5) is 0. The molecule has 0 aliphatic heterocycles. The Bertz CT molecular complexity index is 572. The molecular weight excluding hydrogens is 168 g/mol. The topological polar surface area (TPSA) is 0 Å². The van der Waals surface area contributed by atoms with Gasteiger partial charge >= 0.3 is 0 Å². The summed E-state index contributed by atoms with van der Waals surface area (Å²) in [7, 11) is 0. The van der Waals surface area contributed by atoms with Crippen molar-refractivity contribution in [2.75, 3.05) is 0 Å². The largest absolute Gasteiger partial charge is 0.0911 e. The van der Waals surface area contributed by atoms with Crippen LogP contribution in [0.15, 0.2) is 24.3 Å². The molecule has 0 aliphatic rings. The Labute approximate surface area is 82.8 Å².